The van der Waals surface area contributed by atoms with E-state index in [4.69, 9.17) is 9.47 Å². The second-order valence-electron chi connectivity index (χ2n) is 7.76. The first-order chi connectivity index (χ1) is 12.5. The van der Waals surface area contributed by atoms with E-state index >= 15 is 0 Å². The first-order valence-corrected chi connectivity index (χ1v) is 9.23. The van der Waals surface area contributed by atoms with E-state index in [1.807, 2.05) is 12.1 Å². The van der Waals surface area contributed by atoms with Gasteiger partial charge in [-0.15, -0.1) is 0 Å². The number of hydrogen-bond donors (Lipinski definition) is 1. The van der Waals surface area contributed by atoms with Crippen molar-refractivity contribution in [3.05, 3.63) is 35.7 Å². The van der Waals surface area contributed by atoms with Crippen molar-refractivity contribution >= 4 is 5.82 Å². The molecule has 1 N–H and O–H groups in total. The van der Waals surface area contributed by atoms with Crippen LogP contribution in [0, 0.1) is 6.92 Å². The summed E-state index contributed by atoms with van der Waals surface area (Å²) >= 11 is 0. The quantitative estimate of drug-likeness (QED) is 0.908. The third kappa shape index (κ3) is 2.98. The standard InChI is InChI=1S/C20H26N4O2/c1-5-14-10-24(12-23-14)16-8-22-17(9-21-16)26-15-7-6-13(2)19-18(15)20(3,4)11-25-19/h6-9,14,23H,5,10-12H2,1-4H3/t14-/m1/s1. The van der Waals surface area contributed by atoms with Gasteiger partial charge in [-0.2, -0.15) is 0 Å². The van der Waals surface area contributed by atoms with Crippen LogP contribution in [0.4, 0.5) is 5.82 Å². The Kier molecular flexibility index (Phi) is 4.23. The third-order valence-electron chi connectivity index (χ3n) is 5.23. The van der Waals surface area contributed by atoms with Crippen LogP contribution in [0.15, 0.2) is 24.5 Å². The summed E-state index contributed by atoms with van der Waals surface area (Å²) in [4.78, 5) is 11.2. The Morgan fingerprint density at radius 1 is 1.31 bits per heavy atom. The summed E-state index contributed by atoms with van der Waals surface area (Å²) in [6.07, 6.45) is 4.59. The summed E-state index contributed by atoms with van der Waals surface area (Å²) < 4.78 is 12.0. The van der Waals surface area contributed by atoms with Gasteiger partial charge in [-0.25, -0.2) is 9.97 Å². The maximum Gasteiger partial charge on any atom is 0.237 e. The fourth-order valence-electron chi connectivity index (χ4n) is 3.63. The molecule has 2 aromatic rings. The van der Waals surface area contributed by atoms with E-state index in [-0.39, 0.29) is 5.41 Å². The van der Waals surface area contributed by atoms with Crippen LogP contribution in [0.1, 0.15) is 38.3 Å². The minimum Gasteiger partial charge on any atom is -0.492 e. The Morgan fingerprint density at radius 2 is 2.15 bits per heavy atom. The molecule has 0 saturated carbocycles. The van der Waals surface area contributed by atoms with Crippen molar-refractivity contribution in [1.29, 1.82) is 0 Å². The second-order valence-corrected chi connectivity index (χ2v) is 7.76. The molecule has 1 atom stereocenters. The molecule has 3 heterocycles. The van der Waals surface area contributed by atoms with Crippen LogP contribution in [-0.2, 0) is 5.41 Å². The highest BCUT2D eigenvalue weighted by Crippen LogP contribution is 2.46. The summed E-state index contributed by atoms with van der Waals surface area (Å²) in [6.45, 7) is 11.0. The highest BCUT2D eigenvalue weighted by atomic mass is 16.5. The second kappa shape index (κ2) is 6.43. The van der Waals surface area contributed by atoms with Gasteiger partial charge in [-0.1, -0.05) is 26.8 Å². The Bertz CT molecular complexity index is 804. The van der Waals surface area contributed by atoms with Gasteiger partial charge < -0.3 is 14.4 Å². The Balaban J connectivity index is 1.55. The summed E-state index contributed by atoms with van der Waals surface area (Å²) in [5.41, 5.74) is 2.16. The van der Waals surface area contributed by atoms with Crippen LogP contribution >= 0.6 is 0 Å². The zero-order valence-corrected chi connectivity index (χ0v) is 15.9. The van der Waals surface area contributed by atoms with E-state index in [1.165, 1.54) is 0 Å². The van der Waals surface area contributed by atoms with Gasteiger partial charge in [0.25, 0.3) is 0 Å². The third-order valence-corrected chi connectivity index (χ3v) is 5.23. The molecule has 1 aromatic heterocycles. The number of nitrogens with zero attached hydrogens (tertiary/aromatic N) is 3. The zero-order chi connectivity index (χ0) is 18.3. The first-order valence-electron chi connectivity index (χ1n) is 9.23. The minimum atomic E-state index is -0.0829. The molecule has 138 valence electrons. The molecule has 6 nitrogen and oxygen atoms in total. The average molecular weight is 354 g/mol. The molecule has 1 saturated heterocycles. The van der Waals surface area contributed by atoms with Crippen LogP contribution in [0.5, 0.6) is 17.4 Å². The van der Waals surface area contributed by atoms with Crippen LogP contribution < -0.4 is 19.7 Å². The maximum absolute atomic E-state index is 6.08. The monoisotopic (exact) mass is 354 g/mol. The summed E-state index contributed by atoms with van der Waals surface area (Å²) in [7, 11) is 0. The smallest absolute Gasteiger partial charge is 0.237 e. The van der Waals surface area contributed by atoms with Gasteiger partial charge in [0, 0.05) is 23.6 Å². The van der Waals surface area contributed by atoms with E-state index < -0.39 is 0 Å². The largest absolute Gasteiger partial charge is 0.492 e. The number of aromatic nitrogens is 2. The van der Waals surface area contributed by atoms with Crippen molar-refractivity contribution < 1.29 is 9.47 Å². The van der Waals surface area contributed by atoms with Gasteiger partial charge in [0.05, 0.1) is 25.7 Å². The summed E-state index contributed by atoms with van der Waals surface area (Å²) in [6, 6.07) is 4.54. The van der Waals surface area contributed by atoms with E-state index in [9.17, 15) is 0 Å². The van der Waals surface area contributed by atoms with Crippen molar-refractivity contribution in [2.45, 2.75) is 45.6 Å². The number of hydrogen-bond acceptors (Lipinski definition) is 6. The minimum absolute atomic E-state index is 0.0829. The van der Waals surface area contributed by atoms with Gasteiger partial charge in [-0.05, 0) is 25.0 Å². The molecule has 0 radical (unpaired) electrons. The molecule has 0 bridgehead atoms. The lowest BCUT2D eigenvalue weighted by Crippen LogP contribution is -2.22. The van der Waals surface area contributed by atoms with Gasteiger partial charge in [-0.3, -0.25) is 5.32 Å². The molecule has 0 unspecified atom stereocenters. The summed E-state index contributed by atoms with van der Waals surface area (Å²) in [5, 5.41) is 3.46. The molecule has 6 heteroatoms. The highest BCUT2D eigenvalue weighted by molar-refractivity contribution is 5.56. The Labute approximate surface area is 154 Å². The van der Waals surface area contributed by atoms with Gasteiger partial charge >= 0.3 is 0 Å². The lowest BCUT2D eigenvalue weighted by molar-refractivity contribution is 0.289. The predicted molar refractivity (Wildman–Crippen MR) is 101 cm³/mol. The van der Waals surface area contributed by atoms with Crippen molar-refractivity contribution in [3.63, 3.8) is 0 Å². The van der Waals surface area contributed by atoms with Crippen LogP contribution in [-0.4, -0.2) is 35.8 Å². The van der Waals surface area contributed by atoms with Crippen molar-refractivity contribution in [1.82, 2.24) is 15.3 Å². The Morgan fingerprint density at radius 3 is 2.85 bits per heavy atom. The fourth-order valence-corrected chi connectivity index (χ4v) is 3.63. The topological polar surface area (TPSA) is 59.5 Å². The Hall–Kier alpha value is -2.34. The molecule has 0 amide bonds. The van der Waals surface area contributed by atoms with Gasteiger partial charge in [0.2, 0.25) is 5.88 Å². The van der Waals surface area contributed by atoms with Crippen LogP contribution in [0.2, 0.25) is 0 Å². The van der Waals surface area contributed by atoms with Crippen molar-refractivity contribution in [2.24, 2.45) is 0 Å². The number of nitrogens with one attached hydrogen (secondary N) is 1. The molecule has 2 aliphatic heterocycles. The predicted octanol–water partition coefficient (Wildman–Crippen LogP) is 3.39. The van der Waals surface area contributed by atoms with Crippen molar-refractivity contribution in [2.75, 3.05) is 24.7 Å². The van der Waals surface area contributed by atoms with Crippen LogP contribution in [0.25, 0.3) is 0 Å². The average Bonchev–Trinajstić information content (AvgIpc) is 3.23. The number of benzene rings is 1. The number of anilines is 1. The lowest BCUT2D eigenvalue weighted by atomic mass is 9.85. The molecular weight excluding hydrogens is 328 g/mol. The molecular formula is C20H26N4O2. The molecule has 1 fully saturated rings. The molecule has 0 aliphatic carbocycles. The highest BCUT2D eigenvalue weighted by Gasteiger charge is 2.36. The van der Waals surface area contributed by atoms with E-state index in [2.05, 4.69) is 47.9 Å². The van der Waals surface area contributed by atoms with Gasteiger partial charge in [0.15, 0.2) is 0 Å². The van der Waals surface area contributed by atoms with E-state index in [0.717, 1.165) is 48.1 Å². The van der Waals surface area contributed by atoms with E-state index in [0.29, 0.717) is 18.5 Å². The number of fused-ring (bicyclic) bond motifs is 1. The van der Waals surface area contributed by atoms with E-state index in [1.54, 1.807) is 12.4 Å². The number of ether oxygens (including phenoxy) is 2. The first kappa shape index (κ1) is 17.1. The number of aryl methyl sites for hydroxylation is 1. The summed E-state index contributed by atoms with van der Waals surface area (Å²) in [5.74, 6) is 3.11. The fraction of sp³-hybridized carbons (Fsp3) is 0.500. The number of rotatable bonds is 4. The molecule has 1 aromatic carbocycles. The van der Waals surface area contributed by atoms with Gasteiger partial charge in [0.1, 0.15) is 17.3 Å². The lowest BCUT2D eigenvalue weighted by Gasteiger charge is -2.19. The zero-order valence-electron chi connectivity index (χ0n) is 15.9. The maximum atomic E-state index is 6.08. The van der Waals surface area contributed by atoms with Crippen molar-refractivity contribution in [3.8, 4) is 17.4 Å². The van der Waals surface area contributed by atoms with Crippen LogP contribution in [0.3, 0.4) is 0 Å². The molecule has 2 aliphatic rings. The molecule has 26 heavy (non-hydrogen) atoms. The molecule has 0 spiro atoms. The SMILES string of the molecule is CC[C@@H]1CN(c2cnc(Oc3ccc(C)c4c3C(C)(C)CO4)cn2)CN1. The molecule has 4 rings (SSSR count). The normalized spacial score (nSPS) is 20.8.